The van der Waals surface area contributed by atoms with E-state index in [-0.39, 0.29) is 17.8 Å². The van der Waals surface area contributed by atoms with Gasteiger partial charge in [-0.2, -0.15) is 0 Å². The maximum Gasteiger partial charge on any atom is 0.316 e. The van der Waals surface area contributed by atoms with E-state index in [1.165, 1.54) is 11.8 Å². The number of esters is 1. The fourth-order valence-corrected chi connectivity index (χ4v) is 3.06. The van der Waals surface area contributed by atoms with Crippen molar-refractivity contribution in [2.24, 2.45) is 0 Å². The van der Waals surface area contributed by atoms with Gasteiger partial charge in [-0.05, 0) is 26.8 Å². The van der Waals surface area contributed by atoms with Crippen LogP contribution in [-0.2, 0) is 16.1 Å². The quantitative estimate of drug-likeness (QED) is 0.529. The second-order valence-electron chi connectivity index (χ2n) is 5.36. The van der Waals surface area contributed by atoms with Crippen LogP contribution in [0.3, 0.4) is 0 Å². The van der Waals surface area contributed by atoms with Crippen molar-refractivity contribution in [3.05, 3.63) is 24.3 Å². The van der Waals surface area contributed by atoms with Crippen LogP contribution in [-0.4, -0.2) is 37.6 Å². The minimum absolute atomic E-state index is 0.118. The Bertz CT molecular complexity index is 860. The molecule has 3 rings (SSSR count). The van der Waals surface area contributed by atoms with Crippen molar-refractivity contribution in [3.63, 3.8) is 0 Å². The molecule has 6 nitrogen and oxygen atoms in total. The van der Waals surface area contributed by atoms with Gasteiger partial charge in [0.2, 0.25) is 5.16 Å². The third-order valence-corrected chi connectivity index (χ3v) is 4.17. The summed E-state index contributed by atoms with van der Waals surface area (Å²) in [5, 5.41) is 9.97. The average Bonchev–Trinajstić information content (AvgIpc) is 2.85. The number of thioether (sulfide) groups is 1. The Hall–Kier alpha value is -2.15. The molecule has 3 aromatic rings. The molecule has 0 atom stereocenters. The van der Waals surface area contributed by atoms with E-state index in [2.05, 4.69) is 32.7 Å². The van der Waals surface area contributed by atoms with Crippen LogP contribution < -0.4 is 0 Å². The maximum absolute atomic E-state index is 11.6. The SMILES string of the molecule is CCn1c2ccccc2c2nnc(SCC(=O)OC(C)C)nc21. The summed E-state index contributed by atoms with van der Waals surface area (Å²) in [4.78, 5) is 16.2. The third-order valence-electron chi connectivity index (χ3n) is 3.36. The molecule has 0 aliphatic carbocycles. The van der Waals surface area contributed by atoms with Crippen molar-refractivity contribution >= 4 is 39.8 Å². The van der Waals surface area contributed by atoms with Gasteiger partial charge >= 0.3 is 5.97 Å². The zero-order chi connectivity index (χ0) is 16.4. The topological polar surface area (TPSA) is 69.9 Å². The van der Waals surface area contributed by atoms with Crippen LogP contribution in [0.25, 0.3) is 22.1 Å². The first-order valence-corrected chi connectivity index (χ1v) is 8.52. The van der Waals surface area contributed by atoms with E-state index in [1.54, 1.807) is 0 Å². The largest absolute Gasteiger partial charge is 0.462 e. The minimum atomic E-state index is -0.273. The number of para-hydroxylation sites is 1. The number of fused-ring (bicyclic) bond motifs is 3. The lowest BCUT2D eigenvalue weighted by molar-refractivity contribution is -0.144. The lowest BCUT2D eigenvalue weighted by Gasteiger charge is -2.06. The number of rotatable bonds is 5. The second kappa shape index (κ2) is 6.54. The van der Waals surface area contributed by atoms with Crippen molar-refractivity contribution < 1.29 is 9.53 Å². The molecule has 0 fully saturated rings. The molecule has 120 valence electrons. The number of ether oxygens (including phenoxy) is 1. The van der Waals surface area contributed by atoms with E-state index in [9.17, 15) is 4.79 Å². The summed E-state index contributed by atoms with van der Waals surface area (Å²) in [6.45, 7) is 6.52. The lowest BCUT2D eigenvalue weighted by atomic mass is 10.2. The second-order valence-corrected chi connectivity index (χ2v) is 6.30. The molecule has 2 heterocycles. The molecule has 0 aliphatic rings. The van der Waals surface area contributed by atoms with Crippen molar-refractivity contribution in [2.75, 3.05) is 5.75 Å². The molecule has 0 amide bonds. The van der Waals surface area contributed by atoms with Crippen LogP contribution in [0.4, 0.5) is 0 Å². The molecule has 0 N–H and O–H groups in total. The molecular formula is C16H18N4O2S. The first-order chi connectivity index (χ1) is 11.1. The standard InChI is InChI=1S/C16H18N4O2S/c1-4-20-12-8-6-5-7-11(12)14-15(20)17-16(19-18-14)23-9-13(21)22-10(2)3/h5-8,10H,4,9H2,1-3H3. The van der Waals surface area contributed by atoms with E-state index in [1.807, 2.05) is 32.0 Å². The summed E-state index contributed by atoms with van der Waals surface area (Å²) in [6, 6.07) is 8.05. The molecule has 0 aliphatic heterocycles. The molecule has 0 unspecified atom stereocenters. The summed E-state index contributed by atoms with van der Waals surface area (Å²) in [7, 11) is 0. The van der Waals surface area contributed by atoms with Gasteiger partial charge in [-0.25, -0.2) is 4.98 Å². The number of hydrogen-bond acceptors (Lipinski definition) is 6. The van der Waals surface area contributed by atoms with Gasteiger partial charge in [0.1, 0.15) is 5.52 Å². The van der Waals surface area contributed by atoms with Crippen LogP contribution in [0.5, 0.6) is 0 Å². The smallest absolute Gasteiger partial charge is 0.316 e. The Morgan fingerprint density at radius 3 is 2.83 bits per heavy atom. The predicted molar refractivity (Wildman–Crippen MR) is 90.5 cm³/mol. The van der Waals surface area contributed by atoms with Gasteiger partial charge in [0.05, 0.1) is 17.4 Å². The Balaban J connectivity index is 1.92. The van der Waals surface area contributed by atoms with Gasteiger partial charge < -0.3 is 9.30 Å². The van der Waals surface area contributed by atoms with Crippen LogP contribution >= 0.6 is 11.8 Å². The first kappa shape index (κ1) is 15.7. The molecule has 1 aromatic carbocycles. The van der Waals surface area contributed by atoms with Gasteiger partial charge in [0.25, 0.3) is 0 Å². The lowest BCUT2D eigenvalue weighted by Crippen LogP contribution is -2.13. The van der Waals surface area contributed by atoms with Gasteiger partial charge in [0.15, 0.2) is 5.65 Å². The van der Waals surface area contributed by atoms with E-state index in [4.69, 9.17) is 4.74 Å². The van der Waals surface area contributed by atoms with Crippen molar-refractivity contribution in [2.45, 2.75) is 38.6 Å². The molecule has 2 aromatic heterocycles. The molecule has 23 heavy (non-hydrogen) atoms. The van der Waals surface area contributed by atoms with E-state index < -0.39 is 0 Å². The number of aromatic nitrogens is 4. The number of nitrogens with zero attached hydrogens (tertiary/aromatic N) is 4. The molecule has 0 radical (unpaired) electrons. The summed E-state index contributed by atoms with van der Waals surface area (Å²) >= 11 is 1.24. The molecule has 0 saturated heterocycles. The zero-order valence-electron chi connectivity index (χ0n) is 13.3. The van der Waals surface area contributed by atoms with E-state index in [0.717, 1.165) is 28.6 Å². The van der Waals surface area contributed by atoms with Crippen molar-refractivity contribution in [1.82, 2.24) is 19.7 Å². The highest BCUT2D eigenvalue weighted by atomic mass is 32.2. The fraction of sp³-hybridized carbons (Fsp3) is 0.375. The minimum Gasteiger partial charge on any atom is -0.462 e. The third kappa shape index (κ3) is 3.14. The molecule has 0 spiro atoms. The average molecular weight is 330 g/mol. The summed E-state index contributed by atoms with van der Waals surface area (Å²) in [6.07, 6.45) is -0.118. The Labute approximate surface area is 138 Å². The van der Waals surface area contributed by atoms with Gasteiger partial charge in [0, 0.05) is 11.9 Å². The molecular weight excluding hydrogens is 312 g/mol. The van der Waals surface area contributed by atoms with E-state index in [0.29, 0.717) is 5.16 Å². The van der Waals surface area contributed by atoms with Crippen molar-refractivity contribution in [1.29, 1.82) is 0 Å². The summed E-state index contributed by atoms with van der Waals surface area (Å²) < 4.78 is 7.22. The highest BCUT2D eigenvalue weighted by Gasteiger charge is 2.14. The summed E-state index contributed by atoms with van der Waals surface area (Å²) in [5.74, 6) is -0.0951. The maximum atomic E-state index is 11.6. The molecule has 0 saturated carbocycles. The monoisotopic (exact) mass is 330 g/mol. The Kier molecular flexibility index (Phi) is 4.47. The van der Waals surface area contributed by atoms with Crippen LogP contribution in [0.1, 0.15) is 20.8 Å². The Morgan fingerprint density at radius 2 is 2.09 bits per heavy atom. The molecule has 7 heteroatoms. The number of benzene rings is 1. The highest BCUT2D eigenvalue weighted by Crippen LogP contribution is 2.26. The normalized spacial score (nSPS) is 11.5. The van der Waals surface area contributed by atoms with Crippen LogP contribution in [0.15, 0.2) is 29.4 Å². The van der Waals surface area contributed by atoms with E-state index >= 15 is 0 Å². The van der Waals surface area contributed by atoms with Gasteiger partial charge in [-0.1, -0.05) is 30.0 Å². The summed E-state index contributed by atoms with van der Waals surface area (Å²) in [5.41, 5.74) is 2.67. The van der Waals surface area contributed by atoms with Gasteiger partial charge in [-0.15, -0.1) is 10.2 Å². The fourth-order valence-electron chi connectivity index (χ4n) is 2.49. The first-order valence-electron chi connectivity index (χ1n) is 7.54. The van der Waals surface area contributed by atoms with Crippen molar-refractivity contribution in [3.8, 4) is 0 Å². The van der Waals surface area contributed by atoms with Gasteiger partial charge in [-0.3, -0.25) is 4.79 Å². The number of carbonyl (C=O) groups excluding carboxylic acids is 1. The number of aryl methyl sites for hydroxylation is 1. The number of hydrogen-bond donors (Lipinski definition) is 0. The highest BCUT2D eigenvalue weighted by molar-refractivity contribution is 7.99. The van der Waals surface area contributed by atoms with Crippen LogP contribution in [0.2, 0.25) is 0 Å². The number of carbonyl (C=O) groups is 1. The zero-order valence-corrected chi connectivity index (χ0v) is 14.1. The Morgan fingerprint density at radius 1 is 1.30 bits per heavy atom. The molecule has 0 bridgehead atoms. The van der Waals surface area contributed by atoms with Crippen LogP contribution in [0, 0.1) is 0 Å². The predicted octanol–water partition coefficient (Wildman–Crippen LogP) is 3.04.